The van der Waals surface area contributed by atoms with Crippen LogP contribution in [-0.4, -0.2) is 16.3 Å². The molecule has 0 saturated carbocycles. The van der Waals surface area contributed by atoms with Crippen molar-refractivity contribution in [3.63, 3.8) is 0 Å². The van der Waals surface area contributed by atoms with Crippen LogP contribution in [0.5, 0.6) is 0 Å². The molecule has 1 heterocycles. The largest absolute Gasteiger partial charge is 0.313 e. The van der Waals surface area contributed by atoms with Crippen LogP contribution >= 0.6 is 0 Å². The lowest BCUT2D eigenvalue weighted by Gasteiger charge is -2.07. The highest BCUT2D eigenvalue weighted by Gasteiger charge is 2.07. The molecule has 3 nitrogen and oxygen atoms in total. The van der Waals surface area contributed by atoms with Crippen molar-refractivity contribution >= 4 is 0 Å². The van der Waals surface area contributed by atoms with E-state index in [2.05, 4.69) is 35.9 Å². The minimum atomic E-state index is 0.961. The van der Waals surface area contributed by atoms with E-state index in [0.717, 1.165) is 26.1 Å². The standard InChI is InChI=1S/C12H23N3/c1-4-7-12-11(9-13-8-5-2)10-14-15(12)6-3/h10,13H,4-9H2,1-3H3. The first-order valence-corrected chi connectivity index (χ1v) is 6.07. The number of nitrogens with zero attached hydrogens (tertiary/aromatic N) is 2. The van der Waals surface area contributed by atoms with Crippen molar-refractivity contribution < 1.29 is 0 Å². The molecule has 15 heavy (non-hydrogen) atoms. The molecule has 0 aromatic carbocycles. The highest BCUT2D eigenvalue weighted by Crippen LogP contribution is 2.11. The van der Waals surface area contributed by atoms with Crippen molar-refractivity contribution in [1.29, 1.82) is 0 Å². The van der Waals surface area contributed by atoms with Crippen LogP contribution in [0, 0.1) is 0 Å². The second-order valence-corrected chi connectivity index (χ2v) is 3.86. The maximum atomic E-state index is 4.41. The van der Waals surface area contributed by atoms with Crippen molar-refractivity contribution in [2.75, 3.05) is 6.54 Å². The maximum Gasteiger partial charge on any atom is 0.0537 e. The zero-order valence-electron chi connectivity index (χ0n) is 10.2. The first-order chi connectivity index (χ1) is 7.33. The number of aromatic nitrogens is 2. The molecule has 0 radical (unpaired) electrons. The molecule has 86 valence electrons. The second kappa shape index (κ2) is 6.62. The number of hydrogen-bond acceptors (Lipinski definition) is 2. The van der Waals surface area contributed by atoms with Crippen molar-refractivity contribution in [1.82, 2.24) is 15.1 Å². The Kier molecular flexibility index (Phi) is 5.40. The van der Waals surface area contributed by atoms with Gasteiger partial charge >= 0.3 is 0 Å². The molecule has 0 spiro atoms. The highest BCUT2D eigenvalue weighted by atomic mass is 15.3. The van der Waals surface area contributed by atoms with Gasteiger partial charge in [-0.05, 0) is 26.3 Å². The van der Waals surface area contributed by atoms with E-state index in [1.165, 1.54) is 24.1 Å². The van der Waals surface area contributed by atoms with E-state index < -0.39 is 0 Å². The summed E-state index contributed by atoms with van der Waals surface area (Å²) in [4.78, 5) is 0. The van der Waals surface area contributed by atoms with E-state index in [-0.39, 0.29) is 0 Å². The number of hydrogen-bond donors (Lipinski definition) is 1. The molecule has 0 bridgehead atoms. The van der Waals surface area contributed by atoms with Crippen LogP contribution in [0.1, 0.15) is 44.9 Å². The Morgan fingerprint density at radius 3 is 2.67 bits per heavy atom. The Hall–Kier alpha value is -0.830. The van der Waals surface area contributed by atoms with E-state index in [0.29, 0.717) is 0 Å². The van der Waals surface area contributed by atoms with Crippen molar-refractivity contribution in [2.24, 2.45) is 0 Å². The summed E-state index contributed by atoms with van der Waals surface area (Å²) in [6, 6.07) is 0. The van der Waals surface area contributed by atoms with Gasteiger partial charge in [0.2, 0.25) is 0 Å². The summed E-state index contributed by atoms with van der Waals surface area (Å²) >= 11 is 0. The quantitative estimate of drug-likeness (QED) is 0.699. The molecule has 0 amide bonds. The van der Waals surface area contributed by atoms with Crippen LogP contribution in [-0.2, 0) is 19.5 Å². The van der Waals surface area contributed by atoms with Gasteiger partial charge in [-0.2, -0.15) is 5.10 Å². The van der Waals surface area contributed by atoms with Gasteiger partial charge in [-0.1, -0.05) is 20.3 Å². The van der Waals surface area contributed by atoms with Gasteiger partial charge in [0.25, 0.3) is 0 Å². The number of aryl methyl sites for hydroxylation is 1. The molecule has 0 fully saturated rings. The molecule has 3 heteroatoms. The highest BCUT2D eigenvalue weighted by molar-refractivity contribution is 5.17. The summed E-state index contributed by atoms with van der Waals surface area (Å²) < 4.78 is 2.12. The van der Waals surface area contributed by atoms with Gasteiger partial charge in [0.05, 0.1) is 6.20 Å². The van der Waals surface area contributed by atoms with Gasteiger partial charge in [0, 0.05) is 24.3 Å². The topological polar surface area (TPSA) is 29.9 Å². The Balaban J connectivity index is 2.64. The molecule has 0 unspecified atom stereocenters. The molecular formula is C12H23N3. The minimum absolute atomic E-state index is 0.961. The number of nitrogens with one attached hydrogen (secondary N) is 1. The summed E-state index contributed by atoms with van der Waals surface area (Å²) in [6.45, 7) is 9.58. The number of rotatable bonds is 7. The molecule has 0 aliphatic rings. The Morgan fingerprint density at radius 2 is 2.07 bits per heavy atom. The van der Waals surface area contributed by atoms with Gasteiger partial charge < -0.3 is 5.32 Å². The van der Waals surface area contributed by atoms with Crippen LogP contribution in [0.2, 0.25) is 0 Å². The predicted octanol–water partition coefficient (Wildman–Crippen LogP) is 2.36. The molecular weight excluding hydrogens is 186 g/mol. The van der Waals surface area contributed by atoms with Crippen LogP contribution in [0.4, 0.5) is 0 Å². The van der Waals surface area contributed by atoms with E-state index in [9.17, 15) is 0 Å². The SMILES string of the molecule is CCCNCc1cnn(CC)c1CCC. The lowest BCUT2D eigenvalue weighted by atomic mass is 10.1. The Labute approximate surface area is 92.9 Å². The third kappa shape index (κ3) is 3.34. The first kappa shape index (κ1) is 12.2. The van der Waals surface area contributed by atoms with Gasteiger partial charge in [0.1, 0.15) is 0 Å². The molecule has 0 aliphatic carbocycles. The Morgan fingerprint density at radius 1 is 1.27 bits per heavy atom. The predicted molar refractivity (Wildman–Crippen MR) is 63.9 cm³/mol. The fourth-order valence-corrected chi connectivity index (χ4v) is 1.80. The summed E-state index contributed by atoms with van der Waals surface area (Å²) in [5.74, 6) is 0. The second-order valence-electron chi connectivity index (χ2n) is 3.86. The molecule has 1 N–H and O–H groups in total. The molecule has 0 aliphatic heterocycles. The van der Waals surface area contributed by atoms with E-state index >= 15 is 0 Å². The molecule has 0 atom stereocenters. The van der Waals surface area contributed by atoms with Gasteiger partial charge in [-0.3, -0.25) is 4.68 Å². The van der Waals surface area contributed by atoms with Gasteiger partial charge in [-0.15, -0.1) is 0 Å². The third-order valence-electron chi connectivity index (χ3n) is 2.56. The fraction of sp³-hybridized carbons (Fsp3) is 0.750. The summed E-state index contributed by atoms with van der Waals surface area (Å²) in [6.07, 6.45) is 5.52. The monoisotopic (exact) mass is 209 g/mol. The average Bonchev–Trinajstić information content (AvgIpc) is 2.62. The van der Waals surface area contributed by atoms with Crippen LogP contribution in [0.3, 0.4) is 0 Å². The van der Waals surface area contributed by atoms with Crippen LogP contribution < -0.4 is 5.32 Å². The van der Waals surface area contributed by atoms with Crippen molar-refractivity contribution in [3.05, 3.63) is 17.5 Å². The van der Waals surface area contributed by atoms with Crippen molar-refractivity contribution in [3.8, 4) is 0 Å². The van der Waals surface area contributed by atoms with Crippen molar-refractivity contribution in [2.45, 2.75) is 53.1 Å². The molecule has 1 rings (SSSR count). The third-order valence-corrected chi connectivity index (χ3v) is 2.56. The van der Waals surface area contributed by atoms with E-state index in [1.807, 2.05) is 6.20 Å². The Bertz CT molecular complexity index is 278. The van der Waals surface area contributed by atoms with Crippen LogP contribution in [0.25, 0.3) is 0 Å². The smallest absolute Gasteiger partial charge is 0.0537 e. The molecule has 1 aromatic rings. The van der Waals surface area contributed by atoms with E-state index in [4.69, 9.17) is 0 Å². The molecule has 0 saturated heterocycles. The van der Waals surface area contributed by atoms with Gasteiger partial charge in [-0.25, -0.2) is 0 Å². The normalized spacial score (nSPS) is 10.9. The summed E-state index contributed by atoms with van der Waals surface area (Å²) in [5, 5.41) is 7.84. The minimum Gasteiger partial charge on any atom is -0.313 e. The van der Waals surface area contributed by atoms with E-state index in [1.54, 1.807) is 0 Å². The van der Waals surface area contributed by atoms with Crippen LogP contribution in [0.15, 0.2) is 6.20 Å². The zero-order chi connectivity index (χ0) is 11.1. The van der Waals surface area contributed by atoms with Gasteiger partial charge in [0.15, 0.2) is 0 Å². The average molecular weight is 209 g/mol. The zero-order valence-corrected chi connectivity index (χ0v) is 10.2. The lowest BCUT2D eigenvalue weighted by molar-refractivity contribution is 0.607. The fourth-order valence-electron chi connectivity index (χ4n) is 1.80. The summed E-state index contributed by atoms with van der Waals surface area (Å²) in [5.41, 5.74) is 2.77. The maximum absolute atomic E-state index is 4.41. The lowest BCUT2D eigenvalue weighted by Crippen LogP contribution is -2.15. The molecule has 1 aromatic heterocycles. The first-order valence-electron chi connectivity index (χ1n) is 6.07. The summed E-state index contributed by atoms with van der Waals surface area (Å²) in [7, 11) is 0.